The molecule has 7 heteroatoms. The molecule has 0 unspecified atom stereocenters. The number of nitro benzene ring substituents is 1. The van der Waals surface area contributed by atoms with Crippen molar-refractivity contribution in [3.05, 3.63) is 52.1 Å². The minimum Gasteiger partial charge on any atom is -0.490 e. The van der Waals surface area contributed by atoms with Gasteiger partial charge in [0.2, 0.25) is 0 Å². The van der Waals surface area contributed by atoms with Gasteiger partial charge in [0, 0.05) is 13.0 Å². The molecule has 1 N–H and O–H groups in total. The average molecular weight is 344 g/mol. The van der Waals surface area contributed by atoms with E-state index in [1.165, 1.54) is 0 Å². The Morgan fingerprint density at radius 1 is 1.20 bits per heavy atom. The molecule has 1 aliphatic heterocycles. The number of nitrogens with zero attached hydrogens (tertiary/aromatic N) is 1. The van der Waals surface area contributed by atoms with Crippen LogP contribution >= 0.6 is 0 Å². The first-order chi connectivity index (χ1) is 12.2. The zero-order valence-electron chi connectivity index (χ0n) is 14.0. The summed E-state index contributed by atoms with van der Waals surface area (Å²) in [6, 6.07) is 10.7. The predicted molar refractivity (Wildman–Crippen MR) is 93.6 cm³/mol. The third-order valence-corrected chi connectivity index (χ3v) is 3.78. The van der Waals surface area contributed by atoms with E-state index in [1.54, 1.807) is 25.1 Å². The van der Waals surface area contributed by atoms with Gasteiger partial charge in [0.1, 0.15) is 5.69 Å². The van der Waals surface area contributed by atoms with Gasteiger partial charge in [-0.2, -0.15) is 0 Å². The highest BCUT2D eigenvalue weighted by atomic mass is 16.6. The molecule has 0 saturated carbocycles. The van der Waals surface area contributed by atoms with Gasteiger partial charge in [-0.25, -0.2) is 0 Å². The largest absolute Gasteiger partial charge is 0.490 e. The zero-order valence-corrected chi connectivity index (χ0v) is 14.0. The van der Waals surface area contributed by atoms with E-state index in [4.69, 9.17) is 14.2 Å². The van der Waals surface area contributed by atoms with Crippen molar-refractivity contribution in [3.8, 4) is 17.2 Å². The van der Waals surface area contributed by atoms with Crippen molar-refractivity contribution in [2.75, 3.05) is 25.1 Å². The third-order valence-electron chi connectivity index (χ3n) is 3.78. The number of benzene rings is 2. The van der Waals surface area contributed by atoms with Gasteiger partial charge in [0.25, 0.3) is 0 Å². The summed E-state index contributed by atoms with van der Waals surface area (Å²) in [5, 5.41) is 14.5. The van der Waals surface area contributed by atoms with Crippen LogP contribution in [-0.4, -0.2) is 24.7 Å². The van der Waals surface area contributed by atoms with Crippen LogP contribution in [0.1, 0.15) is 18.9 Å². The van der Waals surface area contributed by atoms with Crippen LogP contribution in [0.2, 0.25) is 0 Å². The second kappa shape index (κ2) is 7.74. The molecule has 0 aromatic heterocycles. The second-order valence-corrected chi connectivity index (χ2v) is 5.53. The highest BCUT2D eigenvalue weighted by Gasteiger charge is 2.20. The fourth-order valence-corrected chi connectivity index (χ4v) is 2.64. The van der Waals surface area contributed by atoms with Crippen molar-refractivity contribution in [3.63, 3.8) is 0 Å². The Bertz CT molecular complexity index is 763. The first-order valence-corrected chi connectivity index (χ1v) is 8.21. The topological polar surface area (TPSA) is 82.9 Å². The molecule has 0 amide bonds. The van der Waals surface area contributed by atoms with E-state index in [1.807, 2.05) is 18.2 Å². The van der Waals surface area contributed by atoms with Gasteiger partial charge in [-0.15, -0.1) is 0 Å². The van der Waals surface area contributed by atoms with Crippen LogP contribution in [-0.2, 0) is 6.54 Å². The standard InChI is InChI=1S/C18H20N2O5/c1-2-23-16-6-3-5-14(18(16)20(21)22)19-12-13-7-8-15-17(11-13)25-10-4-9-24-15/h3,5-8,11,19H,2,4,9-10,12H2,1H3. The maximum absolute atomic E-state index is 11.4. The molecule has 0 aliphatic carbocycles. The number of hydrogen-bond donors (Lipinski definition) is 1. The fourth-order valence-electron chi connectivity index (χ4n) is 2.64. The van der Waals surface area contributed by atoms with E-state index in [0.29, 0.717) is 37.8 Å². The van der Waals surface area contributed by atoms with Gasteiger partial charge in [0.05, 0.1) is 24.7 Å². The number of rotatable bonds is 6. The lowest BCUT2D eigenvalue weighted by Gasteiger charge is -2.12. The normalized spacial score (nSPS) is 13.0. The van der Waals surface area contributed by atoms with Gasteiger partial charge in [-0.3, -0.25) is 10.1 Å². The summed E-state index contributed by atoms with van der Waals surface area (Å²) in [5.74, 6) is 1.69. The number of anilines is 1. The van der Waals surface area contributed by atoms with Crippen molar-refractivity contribution >= 4 is 11.4 Å². The van der Waals surface area contributed by atoms with E-state index in [-0.39, 0.29) is 11.4 Å². The molecule has 25 heavy (non-hydrogen) atoms. The predicted octanol–water partition coefficient (Wildman–Crippen LogP) is 3.77. The van der Waals surface area contributed by atoms with Crippen molar-refractivity contribution in [2.24, 2.45) is 0 Å². The molecule has 0 spiro atoms. The van der Waals surface area contributed by atoms with Crippen LogP contribution in [0, 0.1) is 10.1 Å². The molecule has 0 saturated heterocycles. The Morgan fingerprint density at radius 3 is 2.76 bits per heavy atom. The lowest BCUT2D eigenvalue weighted by molar-refractivity contribution is -0.384. The first-order valence-electron chi connectivity index (χ1n) is 8.21. The number of para-hydroxylation sites is 1. The van der Waals surface area contributed by atoms with Crippen molar-refractivity contribution in [2.45, 2.75) is 19.9 Å². The Balaban J connectivity index is 1.79. The van der Waals surface area contributed by atoms with Gasteiger partial charge >= 0.3 is 5.69 Å². The van der Waals surface area contributed by atoms with Crippen LogP contribution in [0.3, 0.4) is 0 Å². The first kappa shape index (κ1) is 16.9. The van der Waals surface area contributed by atoms with E-state index in [9.17, 15) is 10.1 Å². The summed E-state index contributed by atoms with van der Waals surface area (Å²) in [4.78, 5) is 11.0. The van der Waals surface area contributed by atoms with E-state index in [0.717, 1.165) is 17.7 Å². The highest BCUT2D eigenvalue weighted by molar-refractivity contribution is 5.68. The molecule has 1 heterocycles. The number of fused-ring (bicyclic) bond motifs is 1. The second-order valence-electron chi connectivity index (χ2n) is 5.53. The molecule has 0 fully saturated rings. The number of ether oxygens (including phenoxy) is 3. The van der Waals surface area contributed by atoms with Gasteiger partial charge in [-0.1, -0.05) is 12.1 Å². The Labute approximate surface area is 145 Å². The van der Waals surface area contributed by atoms with Gasteiger partial charge in [0.15, 0.2) is 17.2 Å². The maximum Gasteiger partial charge on any atom is 0.333 e. The lowest BCUT2D eigenvalue weighted by atomic mass is 10.2. The smallest absolute Gasteiger partial charge is 0.333 e. The van der Waals surface area contributed by atoms with Crippen LogP contribution in [0.5, 0.6) is 17.2 Å². The Morgan fingerprint density at radius 2 is 2.00 bits per heavy atom. The minimum absolute atomic E-state index is 0.0568. The van der Waals surface area contributed by atoms with Crippen LogP contribution in [0.15, 0.2) is 36.4 Å². The molecule has 7 nitrogen and oxygen atoms in total. The molecular formula is C18H20N2O5. The SMILES string of the molecule is CCOc1cccc(NCc2ccc3c(c2)OCCCO3)c1[N+](=O)[O-]. The Kier molecular flexibility index (Phi) is 5.23. The van der Waals surface area contributed by atoms with Crippen LogP contribution < -0.4 is 19.5 Å². The van der Waals surface area contributed by atoms with Crippen molar-refractivity contribution < 1.29 is 19.1 Å². The Hall–Kier alpha value is -2.96. The van der Waals surface area contributed by atoms with Crippen LogP contribution in [0.25, 0.3) is 0 Å². The summed E-state index contributed by atoms with van der Waals surface area (Å²) in [7, 11) is 0. The van der Waals surface area contributed by atoms with Crippen LogP contribution in [0.4, 0.5) is 11.4 Å². The monoisotopic (exact) mass is 344 g/mol. The average Bonchev–Trinajstić information content (AvgIpc) is 2.85. The molecule has 132 valence electrons. The molecule has 1 aliphatic rings. The number of nitrogens with one attached hydrogen (secondary N) is 1. The van der Waals surface area contributed by atoms with E-state index in [2.05, 4.69) is 5.32 Å². The molecule has 0 atom stereocenters. The fraction of sp³-hybridized carbons (Fsp3) is 0.333. The molecule has 2 aromatic carbocycles. The van der Waals surface area contributed by atoms with Gasteiger partial charge in [-0.05, 0) is 36.8 Å². The van der Waals surface area contributed by atoms with Gasteiger partial charge < -0.3 is 19.5 Å². The summed E-state index contributed by atoms with van der Waals surface area (Å²) in [6.07, 6.45) is 0.846. The molecule has 2 aromatic rings. The van der Waals surface area contributed by atoms with E-state index >= 15 is 0 Å². The highest BCUT2D eigenvalue weighted by Crippen LogP contribution is 2.35. The minimum atomic E-state index is -0.429. The van der Waals surface area contributed by atoms with Crippen molar-refractivity contribution in [1.29, 1.82) is 0 Å². The molecular weight excluding hydrogens is 324 g/mol. The third kappa shape index (κ3) is 3.93. The summed E-state index contributed by atoms with van der Waals surface area (Å²) < 4.78 is 16.6. The maximum atomic E-state index is 11.4. The summed E-state index contributed by atoms with van der Waals surface area (Å²) in [6.45, 7) is 3.84. The zero-order chi connectivity index (χ0) is 17.6. The molecule has 0 bridgehead atoms. The molecule has 3 rings (SSSR count). The molecule has 0 radical (unpaired) electrons. The quantitative estimate of drug-likeness (QED) is 0.634. The number of nitro groups is 1. The van der Waals surface area contributed by atoms with E-state index < -0.39 is 4.92 Å². The summed E-state index contributed by atoms with van der Waals surface area (Å²) >= 11 is 0. The number of hydrogen-bond acceptors (Lipinski definition) is 6. The lowest BCUT2D eigenvalue weighted by Crippen LogP contribution is -2.05. The summed E-state index contributed by atoms with van der Waals surface area (Å²) in [5.41, 5.74) is 1.31. The van der Waals surface area contributed by atoms with Crippen molar-refractivity contribution in [1.82, 2.24) is 0 Å².